The van der Waals surface area contributed by atoms with Gasteiger partial charge in [0.1, 0.15) is 0 Å². The smallest absolute Gasteiger partial charge is 0.0972 e. The van der Waals surface area contributed by atoms with Gasteiger partial charge in [-0.15, -0.1) is 0 Å². The highest BCUT2D eigenvalue weighted by molar-refractivity contribution is 5.12. The largest absolute Gasteiger partial charge is 0.393 e. The van der Waals surface area contributed by atoms with Crippen LogP contribution in [0.4, 0.5) is 0 Å². The molecule has 3 heteroatoms. The first-order valence-corrected chi connectivity index (χ1v) is 6.78. The summed E-state index contributed by atoms with van der Waals surface area (Å²) in [5, 5.41) is 22.5. The number of aliphatic hydroxyl groups is 2. The van der Waals surface area contributed by atoms with Gasteiger partial charge >= 0.3 is 0 Å². The minimum Gasteiger partial charge on any atom is -0.393 e. The molecule has 0 amide bonds. The van der Waals surface area contributed by atoms with Gasteiger partial charge in [0.15, 0.2) is 0 Å². The molecule has 4 atom stereocenters. The van der Waals surface area contributed by atoms with Crippen molar-refractivity contribution in [2.24, 2.45) is 16.7 Å². The second kappa shape index (κ2) is 3.94. The highest BCUT2D eigenvalue weighted by atomic mass is 16.3. The van der Waals surface area contributed by atoms with Crippen molar-refractivity contribution < 1.29 is 10.2 Å². The van der Waals surface area contributed by atoms with Crippen LogP contribution in [0.5, 0.6) is 0 Å². The molecule has 2 aliphatic rings. The maximum atomic E-state index is 9.90. The first-order valence-electron chi connectivity index (χ1n) is 6.78. The number of fused-ring (bicyclic) bond motifs is 2. The molecular weight excluding hydrogens is 214 g/mol. The second-order valence-electron chi connectivity index (χ2n) is 7.38. The van der Waals surface area contributed by atoms with Crippen molar-refractivity contribution in [2.45, 2.75) is 58.6 Å². The summed E-state index contributed by atoms with van der Waals surface area (Å²) in [7, 11) is 0. The van der Waals surface area contributed by atoms with Gasteiger partial charge in [-0.2, -0.15) is 0 Å². The number of aliphatic hydroxyl groups excluding tert-OH is 1. The van der Waals surface area contributed by atoms with Crippen molar-refractivity contribution >= 4 is 0 Å². The van der Waals surface area contributed by atoms with Gasteiger partial charge in [-0.05, 0) is 42.9 Å². The Morgan fingerprint density at radius 1 is 1.35 bits per heavy atom. The molecule has 2 saturated carbocycles. The average molecular weight is 241 g/mol. The zero-order chi connectivity index (χ0) is 12.9. The van der Waals surface area contributed by atoms with Gasteiger partial charge in [0.05, 0.1) is 12.2 Å². The van der Waals surface area contributed by atoms with Crippen LogP contribution in [0.3, 0.4) is 0 Å². The topological polar surface area (TPSA) is 52.5 Å². The summed E-state index contributed by atoms with van der Waals surface area (Å²) in [5.41, 5.74) is -0.327. The van der Waals surface area contributed by atoms with Gasteiger partial charge in [-0.3, -0.25) is 0 Å². The van der Waals surface area contributed by atoms with Crippen LogP contribution >= 0.6 is 0 Å². The molecule has 0 aromatic rings. The monoisotopic (exact) mass is 241 g/mol. The van der Waals surface area contributed by atoms with E-state index in [0.717, 1.165) is 5.92 Å². The van der Waals surface area contributed by atoms with Crippen LogP contribution in [0.1, 0.15) is 47.0 Å². The van der Waals surface area contributed by atoms with Crippen molar-refractivity contribution in [2.75, 3.05) is 13.2 Å². The molecule has 0 radical (unpaired) electrons. The van der Waals surface area contributed by atoms with Gasteiger partial charge in [-0.25, -0.2) is 0 Å². The van der Waals surface area contributed by atoms with E-state index in [1.54, 1.807) is 6.92 Å². The first kappa shape index (κ1) is 13.3. The molecule has 0 aliphatic heterocycles. The Morgan fingerprint density at radius 3 is 2.47 bits per heavy atom. The van der Waals surface area contributed by atoms with Gasteiger partial charge in [0, 0.05) is 12.6 Å². The Bertz CT molecular complexity index is 296. The summed E-state index contributed by atoms with van der Waals surface area (Å²) in [4.78, 5) is 0. The van der Waals surface area contributed by atoms with Crippen molar-refractivity contribution in [3.63, 3.8) is 0 Å². The Labute approximate surface area is 105 Å². The second-order valence-corrected chi connectivity index (χ2v) is 7.38. The third-order valence-electron chi connectivity index (χ3n) is 5.30. The Kier molecular flexibility index (Phi) is 3.08. The van der Waals surface area contributed by atoms with Crippen LogP contribution in [0.15, 0.2) is 0 Å². The first-order chi connectivity index (χ1) is 7.71. The van der Waals surface area contributed by atoms with Gasteiger partial charge in [-0.1, -0.05) is 20.8 Å². The molecule has 0 heterocycles. The van der Waals surface area contributed by atoms with E-state index in [-0.39, 0.29) is 6.61 Å². The van der Waals surface area contributed by atoms with Crippen LogP contribution in [0.25, 0.3) is 0 Å². The molecule has 3 nitrogen and oxygen atoms in total. The van der Waals surface area contributed by atoms with Gasteiger partial charge < -0.3 is 15.5 Å². The maximum Gasteiger partial charge on any atom is 0.0972 e. The summed E-state index contributed by atoms with van der Waals surface area (Å²) in [6, 6.07) is 0.451. The SMILES string of the molecule is CC(O)(CO)CNC1C2(C)CCC(C2)C1(C)C. The van der Waals surface area contributed by atoms with Crippen LogP contribution < -0.4 is 5.32 Å². The fourth-order valence-electron chi connectivity index (χ4n) is 4.19. The highest BCUT2D eigenvalue weighted by Gasteiger charge is 2.59. The maximum absolute atomic E-state index is 9.90. The molecule has 0 saturated heterocycles. The van der Waals surface area contributed by atoms with E-state index < -0.39 is 5.60 Å². The lowest BCUT2D eigenvalue weighted by molar-refractivity contribution is -0.00973. The van der Waals surface area contributed by atoms with Crippen LogP contribution in [0, 0.1) is 16.7 Å². The fourth-order valence-corrected chi connectivity index (χ4v) is 4.19. The number of rotatable bonds is 4. The molecule has 0 aromatic carbocycles. The molecule has 2 bridgehead atoms. The molecule has 17 heavy (non-hydrogen) atoms. The molecule has 0 spiro atoms. The van der Waals surface area contributed by atoms with E-state index >= 15 is 0 Å². The normalized spacial score (nSPS) is 42.7. The third kappa shape index (κ3) is 2.13. The van der Waals surface area contributed by atoms with Gasteiger partial charge in [0.25, 0.3) is 0 Å². The molecular formula is C14H27NO2. The van der Waals surface area contributed by atoms with E-state index in [1.165, 1.54) is 19.3 Å². The predicted molar refractivity (Wildman–Crippen MR) is 68.7 cm³/mol. The van der Waals surface area contributed by atoms with Crippen molar-refractivity contribution in [3.05, 3.63) is 0 Å². The lowest BCUT2D eigenvalue weighted by Crippen LogP contribution is -2.54. The summed E-state index contributed by atoms with van der Waals surface area (Å²) in [6.07, 6.45) is 3.94. The van der Waals surface area contributed by atoms with E-state index in [4.69, 9.17) is 5.11 Å². The lowest BCUT2D eigenvalue weighted by Gasteiger charge is -2.44. The molecule has 100 valence electrons. The molecule has 0 aromatic heterocycles. The van der Waals surface area contributed by atoms with Crippen LogP contribution in [-0.2, 0) is 0 Å². The Hall–Kier alpha value is -0.120. The van der Waals surface area contributed by atoms with E-state index in [9.17, 15) is 5.11 Å². The molecule has 3 N–H and O–H groups in total. The number of hydrogen-bond acceptors (Lipinski definition) is 3. The minimum absolute atomic E-state index is 0.187. The van der Waals surface area contributed by atoms with Crippen LogP contribution in [0.2, 0.25) is 0 Å². The van der Waals surface area contributed by atoms with Crippen molar-refractivity contribution in [1.82, 2.24) is 5.32 Å². The zero-order valence-corrected chi connectivity index (χ0v) is 11.6. The standard InChI is InChI=1S/C14H27NO2/c1-12(2)10-5-6-13(3,7-10)11(12)15-8-14(4,17)9-16/h10-11,15-17H,5-9H2,1-4H3. The molecule has 4 unspecified atom stereocenters. The molecule has 2 fully saturated rings. The zero-order valence-electron chi connectivity index (χ0n) is 11.6. The predicted octanol–water partition coefficient (Wildman–Crippen LogP) is 1.53. The Morgan fingerprint density at radius 2 is 2.00 bits per heavy atom. The molecule has 2 aliphatic carbocycles. The number of hydrogen-bond donors (Lipinski definition) is 3. The van der Waals surface area contributed by atoms with E-state index in [1.807, 2.05) is 0 Å². The summed E-state index contributed by atoms with van der Waals surface area (Å²) < 4.78 is 0. The quantitative estimate of drug-likeness (QED) is 0.700. The third-order valence-corrected chi connectivity index (χ3v) is 5.30. The van der Waals surface area contributed by atoms with Crippen LogP contribution in [-0.4, -0.2) is 35.0 Å². The van der Waals surface area contributed by atoms with E-state index in [2.05, 4.69) is 26.1 Å². The lowest BCUT2D eigenvalue weighted by atomic mass is 9.68. The minimum atomic E-state index is -1.01. The molecule has 2 rings (SSSR count). The van der Waals surface area contributed by atoms with Gasteiger partial charge in [0.2, 0.25) is 0 Å². The Balaban J connectivity index is 2.05. The van der Waals surface area contributed by atoms with Crippen molar-refractivity contribution in [1.29, 1.82) is 0 Å². The summed E-state index contributed by atoms with van der Waals surface area (Å²) in [6.45, 7) is 9.02. The van der Waals surface area contributed by atoms with E-state index in [0.29, 0.717) is 23.4 Å². The highest BCUT2D eigenvalue weighted by Crippen LogP contribution is 2.62. The summed E-state index contributed by atoms with van der Waals surface area (Å²) in [5.74, 6) is 0.809. The fraction of sp³-hybridized carbons (Fsp3) is 1.00. The number of nitrogens with one attached hydrogen (secondary N) is 1. The summed E-state index contributed by atoms with van der Waals surface area (Å²) >= 11 is 0. The van der Waals surface area contributed by atoms with Crippen molar-refractivity contribution in [3.8, 4) is 0 Å². The average Bonchev–Trinajstić information content (AvgIpc) is 2.68.